The van der Waals surface area contributed by atoms with Crippen LogP contribution in [0.1, 0.15) is 32.6 Å². The van der Waals surface area contributed by atoms with E-state index in [0.717, 1.165) is 32.4 Å². The van der Waals surface area contributed by atoms with Crippen molar-refractivity contribution in [2.45, 2.75) is 37.5 Å². The first-order valence-electron chi connectivity index (χ1n) is 9.18. The molecule has 1 aromatic rings. The van der Waals surface area contributed by atoms with Gasteiger partial charge in [0.25, 0.3) is 0 Å². The molecule has 0 spiro atoms. The fourth-order valence-electron chi connectivity index (χ4n) is 3.66. The molecule has 144 valence electrons. The van der Waals surface area contributed by atoms with E-state index in [1.807, 2.05) is 0 Å². The van der Waals surface area contributed by atoms with Crippen molar-refractivity contribution in [2.24, 2.45) is 5.92 Å². The van der Waals surface area contributed by atoms with Crippen molar-refractivity contribution in [1.82, 2.24) is 9.21 Å². The van der Waals surface area contributed by atoms with Gasteiger partial charge >= 0.3 is 0 Å². The summed E-state index contributed by atoms with van der Waals surface area (Å²) in [7, 11) is -3.54. The number of benzene rings is 1. The van der Waals surface area contributed by atoms with Gasteiger partial charge < -0.3 is 5.32 Å². The van der Waals surface area contributed by atoms with Crippen molar-refractivity contribution in [1.29, 1.82) is 0 Å². The first-order chi connectivity index (χ1) is 12.4. The topological polar surface area (TPSA) is 69.7 Å². The molecule has 1 atom stereocenters. The number of carbonyl (C=O) groups is 1. The molecule has 0 unspecified atom stereocenters. The van der Waals surface area contributed by atoms with Crippen molar-refractivity contribution in [3.05, 3.63) is 23.2 Å². The molecule has 2 fully saturated rings. The minimum atomic E-state index is -3.54. The molecule has 8 heteroatoms. The van der Waals surface area contributed by atoms with Gasteiger partial charge in [-0.25, -0.2) is 8.42 Å². The van der Waals surface area contributed by atoms with Crippen LogP contribution in [0, 0.1) is 5.92 Å². The highest BCUT2D eigenvalue weighted by Gasteiger charge is 2.28. The van der Waals surface area contributed by atoms with Crippen LogP contribution in [0.5, 0.6) is 0 Å². The number of anilines is 1. The van der Waals surface area contributed by atoms with E-state index in [1.54, 1.807) is 0 Å². The number of piperidine rings is 1. The number of rotatable bonds is 5. The molecule has 0 bridgehead atoms. The second-order valence-corrected chi connectivity index (χ2v) is 9.63. The zero-order valence-electron chi connectivity index (χ0n) is 15.1. The molecule has 2 heterocycles. The summed E-state index contributed by atoms with van der Waals surface area (Å²) in [6.07, 6.45) is 4.05. The predicted molar refractivity (Wildman–Crippen MR) is 103 cm³/mol. The molecule has 2 aliphatic heterocycles. The SMILES string of the molecule is C[C@H]1CCCN(CC(=O)Nc2cc(S(=O)(=O)N3CCCC3)ccc2Cl)C1. The highest BCUT2D eigenvalue weighted by atomic mass is 35.5. The summed E-state index contributed by atoms with van der Waals surface area (Å²) in [5.41, 5.74) is 0.349. The van der Waals surface area contributed by atoms with Gasteiger partial charge in [0.05, 0.1) is 22.2 Å². The van der Waals surface area contributed by atoms with Crippen LogP contribution in [0.3, 0.4) is 0 Å². The fraction of sp³-hybridized carbons (Fsp3) is 0.611. The van der Waals surface area contributed by atoms with Crippen LogP contribution in [0.25, 0.3) is 0 Å². The Hall–Kier alpha value is -1.15. The minimum Gasteiger partial charge on any atom is -0.324 e. The minimum absolute atomic E-state index is 0.170. The van der Waals surface area contributed by atoms with Crippen LogP contribution in [-0.4, -0.2) is 56.3 Å². The summed E-state index contributed by atoms with van der Waals surface area (Å²) >= 11 is 6.18. The van der Waals surface area contributed by atoms with Crippen molar-refractivity contribution >= 4 is 33.2 Å². The summed E-state index contributed by atoms with van der Waals surface area (Å²) in [6, 6.07) is 4.49. The number of nitrogens with zero attached hydrogens (tertiary/aromatic N) is 2. The monoisotopic (exact) mass is 399 g/mol. The summed E-state index contributed by atoms with van der Waals surface area (Å²) in [4.78, 5) is 14.7. The number of carbonyl (C=O) groups excluding carboxylic acids is 1. The van der Waals surface area contributed by atoms with Crippen molar-refractivity contribution in [3.63, 3.8) is 0 Å². The molecule has 1 aromatic carbocycles. The summed E-state index contributed by atoms with van der Waals surface area (Å²) in [5, 5.41) is 3.12. The van der Waals surface area contributed by atoms with Gasteiger partial charge in [-0.3, -0.25) is 9.69 Å². The third-order valence-electron chi connectivity index (χ3n) is 5.02. The van der Waals surface area contributed by atoms with E-state index in [-0.39, 0.29) is 10.8 Å². The van der Waals surface area contributed by atoms with Gasteiger partial charge in [-0.05, 0) is 56.3 Å². The molecule has 1 amide bonds. The molecule has 0 saturated carbocycles. The average molecular weight is 400 g/mol. The average Bonchev–Trinajstić information content (AvgIpc) is 3.12. The Bertz CT molecular complexity index is 763. The first-order valence-corrected chi connectivity index (χ1v) is 11.0. The second kappa shape index (κ2) is 8.25. The first kappa shape index (κ1) is 19.6. The van der Waals surface area contributed by atoms with Crippen LogP contribution >= 0.6 is 11.6 Å². The van der Waals surface area contributed by atoms with E-state index < -0.39 is 10.0 Å². The number of amides is 1. The van der Waals surface area contributed by atoms with Crippen LogP contribution in [0.2, 0.25) is 5.02 Å². The second-order valence-electron chi connectivity index (χ2n) is 7.28. The van der Waals surface area contributed by atoms with E-state index in [2.05, 4.69) is 17.1 Å². The van der Waals surface area contributed by atoms with E-state index >= 15 is 0 Å². The summed E-state index contributed by atoms with van der Waals surface area (Å²) in [6.45, 7) is 5.39. The largest absolute Gasteiger partial charge is 0.324 e. The Balaban J connectivity index is 1.70. The van der Waals surface area contributed by atoms with E-state index in [1.165, 1.54) is 28.9 Å². The Morgan fingerprint density at radius 3 is 2.65 bits per heavy atom. The lowest BCUT2D eigenvalue weighted by Gasteiger charge is -2.30. The zero-order valence-corrected chi connectivity index (χ0v) is 16.7. The van der Waals surface area contributed by atoms with Gasteiger partial charge in [0.1, 0.15) is 0 Å². The van der Waals surface area contributed by atoms with Crippen LogP contribution in [0.15, 0.2) is 23.1 Å². The Morgan fingerprint density at radius 2 is 1.96 bits per heavy atom. The molecule has 2 saturated heterocycles. The van der Waals surface area contributed by atoms with E-state index in [9.17, 15) is 13.2 Å². The van der Waals surface area contributed by atoms with Crippen molar-refractivity contribution in [2.75, 3.05) is 38.0 Å². The molecule has 26 heavy (non-hydrogen) atoms. The number of nitrogens with one attached hydrogen (secondary N) is 1. The quantitative estimate of drug-likeness (QED) is 0.826. The van der Waals surface area contributed by atoms with E-state index in [0.29, 0.717) is 36.3 Å². The maximum absolute atomic E-state index is 12.7. The van der Waals surface area contributed by atoms with Crippen molar-refractivity contribution in [3.8, 4) is 0 Å². The Kier molecular flexibility index (Phi) is 6.22. The molecule has 0 aliphatic carbocycles. The highest BCUT2D eigenvalue weighted by molar-refractivity contribution is 7.89. The highest BCUT2D eigenvalue weighted by Crippen LogP contribution is 2.28. The number of hydrogen-bond donors (Lipinski definition) is 1. The number of halogens is 1. The van der Waals surface area contributed by atoms with Crippen LogP contribution in [-0.2, 0) is 14.8 Å². The number of hydrogen-bond acceptors (Lipinski definition) is 4. The zero-order chi connectivity index (χ0) is 18.7. The summed E-state index contributed by atoms with van der Waals surface area (Å²) in [5.74, 6) is 0.422. The fourth-order valence-corrected chi connectivity index (χ4v) is 5.37. The number of sulfonamides is 1. The lowest BCUT2D eigenvalue weighted by atomic mass is 10.0. The molecule has 2 aliphatic rings. The van der Waals surface area contributed by atoms with E-state index in [4.69, 9.17) is 11.6 Å². The normalized spacial score (nSPS) is 22.5. The number of likely N-dealkylation sites (tertiary alicyclic amines) is 1. The Labute approximate surface area is 160 Å². The van der Waals surface area contributed by atoms with Crippen molar-refractivity contribution < 1.29 is 13.2 Å². The Morgan fingerprint density at radius 1 is 1.23 bits per heavy atom. The third-order valence-corrected chi connectivity index (χ3v) is 7.25. The van der Waals surface area contributed by atoms with Gasteiger partial charge in [0, 0.05) is 19.6 Å². The van der Waals surface area contributed by atoms with Crippen LogP contribution < -0.4 is 5.32 Å². The lowest BCUT2D eigenvalue weighted by Crippen LogP contribution is -2.39. The smallest absolute Gasteiger partial charge is 0.243 e. The van der Waals surface area contributed by atoms with Gasteiger partial charge in [-0.2, -0.15) is 4.31 Å². The lowest BCUT2D eigenvalue weighted by molar-refractivity contribution is -0.117. The molecule has 1 N–H and O–H groups in total. The van der Waals surface area contributed by atoms with Gasteiger partial charge in [0.2, 0.25) is 15.9 Å². The molecule has 0 radical (unpaired) electrons. The van der Waals surface area contributed by atoms with Gasteiger partial charge in [0.15, 0.2) is 0 Å². The molecular formula is C18H26ClN3O3S. The van der Waals surface area contributed by atoms with Gasteiger partial charge in [-0.1, -0.05) is 18.5 Å². The molecular weight excluding hydrogens is 374 g/mol. The predicted octanol–water partition coefficient (Wildman–Crippen LogP) is 2.79. The molecule has 0 aromatic heterocycles. The molecule has 3 rings (SSSR count). The standard InChI is InChI=1S/C18H26ClN3O3S/c1-14-5-4-8-21(12-14)13-18(23)20-17-11-15(6-7-16(17)19)26(24,25)22-9-2-3-10-22/h6-7,11,14H,2-5,8-10,12-13H2,1H3,(H,20,23)/t14-/m0/s1. The maximum Gasteiger partial charge on any atom is 0.243 e. The molecule has 6 nitrogen and oxygen atoms in total. The third kappa shape index (κ3) is 4.57. The summed E-state index contributed by atoms with van der Waals surface area (Å²) < 4.78 is 26.9. The van der Waals surface area contributed by atoms with Gasteiger partial charge in [-0.15, -0.1) is 0 Å². The van der Waals surface area contributed by atoms with Crippen LogP contribution in [0.4, 0.5) is 5.69 Å². The maximum atomic E-state index is 12.7.